The number of nitrogens with zero attached hydrogens (tertiary/aromatic N) is 2. The maximum Gasteiger partial charge on any atom is 0.233 e. The van der Waals surface area contributed by atoms with Crippen LogP contribution in [0.2, 0.25) is 0 Å². The third kappa shape index (κ3) is 3.96. The second-order valence-corrected chi connectivity index (χ2v) is 9.19. The second kappa shape index (κ2) is 7.43. The lowest BCUT2D eigenvalue weighted by Gasteiger charge is -2.26. The van der Waals surface area contributed by atoms with E-state index in [2.05, 4.69) is 57.8 Å². The fourth-order valence-electron chi connectivity index (χ4n) is 3.55. The van der Waals surface area contributed by atoms with Gasteiger partial charge in [-0.05, 0) is 54.0 Å². The van der Waals surface area contributed by atoms with Crippen LogP contribution in [0.25, 0.3) is 0 Å². The molecule has 1 amide bonds. The summed E-state index contributed by atoms with van der Waals surface area (Å²) in [6.45, 7) is 11.9. The number of hydrogen-bond donors (Lipinski definition) is 0. The molecule has 1 atom stereocenters. The highest BCUT2D eigenvalue weighted by Crippen LogP contribution is 2.38. The molecule has 1 aromatic heterocycles. The Bertz CT molecular complexity index is 773. The number of amides is 1. The first-order valence-corrected chi connectivity index (χ1v) is 10.2. The van der Waals surface area contributed by atoms with Gasteiger partial charge in [0.25, 0.3) is 0 Å². The molecule has 0 saturated carbocycles. The number of aromatic nitrogens is 1. The van der Waals surface area contributed by atoms with Gasteiger partial charge in [-0.3, -0.25) is 9.78 Å². The summed E-state index contributed by atoms with van der Waals surface area (Å²) in [5, 5.41) is 0.0886. The highest BCUT2D eigenvalue weighted by atomic mass is 32.2. The van der Waals surface area contributed by atoms with Crippen LogP contribution in [0.15, 0.2) is 36.7 Å². The molecule has 1 aliphatic rings. The monoisotopic (exact) mass is 368 g/mol. The van der Waals surface area contributed by atoms with Gasteiger partial charge in [0.1, 0.15) is 5.37 Å². The molecule has 0 aliphatic carbocycles. The van der Waals surface area contributed by atoms with Crippen molar-refractivity contribution in [3.63, 3.8) is 0 Å². The van der Waals surface area contributed by atoms with Crippen LogP contribution in [0.5, 0.6) is 0 Å². The number of rotatable bonds is 4. The van der Waals surface area contributed by atoms with Crippen molar-refractivity contribution in [1.82, 2.24) is 9.88 Å². The van der Waals surface area contributed by atoms with E-state index in [4.69, 9.17) is 0 Å². The number of benzene rings is 1. The smallest absolute Gasteiger partial charge is 0.233 e. The average molecular weight is 369 g/mol. The molecule has 3 nitrogen and oxygen atoms in total. The van der Waals surface area contributed by atoms with Crippen molar-refractivity contribution in [2.45, 2.75) is 51.8 Å². The zero-order chi connectivity index (χ0) is 18.9. The van der Waals surface area contributed by atoms with Crippen molar-refractivity contribution < 1.29 is 4.79 Å². The summed E-state index contributed by atoms with van der Waals surface area (Å²) >= 11 is 1.70. The molecule has 1 fully saturated rings. The minimum atomic E-state index is 0.0886. The molecule has 3 rings (SSSR count). The van der Waals surface area contributed by atoms with Gasteiger partial charge in [-0.2, -0.15) is 0 Å². The second-order valence-electron chi connectivity index (χ2n) is 8.13. The van der Waals surface area contributed by atoms with E-state index in [9.17, 15) is 4.79 Å². The molecule has 4 heteroatoms. The Kier molecular flexibility index (Phi) is 5.42. The molecular weight excluding hydrogens is 340 g/mol. The standard InChI is InChI=1S/C22H28N2OS/c1-15-11-18(22(3,4)5)12-16(2)19(15)8-10-24-20(25)14-26-21(24)17-7-6-9-23-13-17/h6-7,9,11-13,21H,8,10,14H2,1-5H3/t21-/m1/s1. The first kappa shape index (κ1) is 19.0. The average Bonchev–Trinajstić information content (AvgIpc) is 2.95. The number of thioether (sulfide) groups is 1. The summed E-state index contributed by atoms with van der Waals surface area (Å²) < 4.78 is 0. The minimum absolute atomic E-state index is 0.0886. The quantitative estimate of drug-likeness (QED) is 0.776. The first-order valence-electron chi connectivity index (χ1n) is 9.19. The summed E-state index contributed by atoms with van der Waals surface area (Å²) in [4.78, 5) is 18.6. The first-order chi connectivity index (χ1) is 12.3. The lowest BCUT2D eigenvalue weighted by atomic mass is 9.83. The fourth-order valence-corrected chi connectivity index (χ4v) is 4.75. The lowest BCUT2D eigenvalue weighted by molar-refractivity contribution is -0.128. The van der Waals surface area contributed by atoms with Crippen LogP contribution in [-0.4, -0.2) is 28.1 Å². The van der Waals surface area contributed by atoms with Gasteiger partial charge in [0, 0.05) is 24.5 Å². The Morgan fingerprint density at radius 1 is 1.23 bits per heavy atom. The van der Waals surface area contributed by atoms with E-state index >= 15 is 0 Å². The Hall–Kier alpha value is -1.81. The topological polar surface area (TPSA) is 33.2 Å². The SMILES string of the molecule is Cc1cc(C(C)(C)C)cc(C)c1CCN1C(=O)CS[C@@H]1c1cccnc1. The maximum absolute atomic E-state index is 12.4. The molecule has 0 unspecified atom stereocenters. The largest absolute Gasteiger partial charge is 0.325 e. The van der Waals surface area contributed by atoms with Crippen LogP contribution in [0, 0.1) is 13.8 Å². The van der Waals surface area contributed by atoms with E-state index in [1.807, 2.05) is 17.2 Å². The molecule has 26 heavy (non-hydrogen) atoms. The van der Waals surface area contributed by atoms with Crippen molar-refractivity contribution in [3.8, 4) is 0 Å². The van der Waals surface area contributed by atoms with E-state index in [1.165, 1.54) is 22.3 Å². The van der Waals surface area contributed by atoms with Gasteiger partial charge in [-0.25, -0.2) is 0 Å². The fraction of sp³-hybridized carbons (Fsp3) is 0.455. The minimum Gasteiger partial charge on any atom is -0.325 e. The van der Waals surface area contributed by atoms with Crippen LogP contribution >= 0.6 is 11.8 Å². The van der Waals surface area contributed by atoms with Gasteiger partial charge < -0.3 is 4.90 Å². The molecule has 0 radical (unpaired) electrons. The number of hydrogen-bond acceptors (Lipinski definition) is 3. The Morgan fingerprint density at radius 3 is 2.50 bits per heavy atom. The molecule has 1 aliphatic heterocycles. The summed E-state index contributed by atoms with van der Waals surface area (Å²) in [6.07, 6.45) is 4.54. The third-order valence-corrected chi connectivity index (χ3v) is 6.36. The van der Waals surface area contributed by atoms with Crippen LogP contribution in [0.3, 0.4) is 0 Å². The van der Waals surface area contributed by atoms with Gasteiger partial charge >= 0.3 is 0 Å². The molecule has 0 bridgehead atoms. The predicted octanol–water partition coefficient (Wildman–Crippen LogP) is 4.81. The third-order valence-electron chi connectivity index (χ3n) is 5.10. The van der Waals surface area contributed by atoms with Gasteiger partial charge in [-0.1, -0.05) is 39.0 Å². The van der Waals surface area contributed by atoms with Gasteiger partial charge in [0.15, 0.2) is 0 Å². The molecule has 2 aromatic rings. The van der Waals surface area contributed by atoms with Gasteiger partial charge in [0.05, 0.1) is 5.75 Å². The number of aryl methyl sites for hydroxylation is 2. The summed E-state index contributed by atoms with van der Waals surface area (Å²) in [6, 6.07) is 8.62. The van der Waals surface area contributed by atoms with Crippen LogP contribution in [0.4, 0.5) is 0 Å². The number of carbonyl (C=O) groups is 1. The predicted molar refractivity (Wildman–Crippen MR) is 109 cm³/mol. The van der Waals surface area contributed by atoms with Crippen LogP contribution in [-0.2, 0) is 16.6 Å². The number of pyridine rings is 1. The van der Waals surface area contributed by atoms with Crippen molar-refractivity contribution in [2.24, 2.45) is 0 Å². The van der Waals surface area contributed by atoms with Gasteiger partial charge in [0.2, 0.25) is 5.91 Å². The normalized spacial score (nSPS) is 17.8. The highest BCUT2D eigenvalue weighted by molar-refractivity contribution is 8.00. The Morgan fingerprint density at radius 2 is 1.92 bits per heavy atom. The van der Waals surface area contributed by atoms with E-state index in [-0.39, 0.29) is 16.7 Å². The molecule has 138 valence electrons. The van der Waals surface area contributed by atoms with Crippen LogP contribution in [0.1, 0.15) is 54.0 Å². The zero-order valence-electron chi connectivity index (χ0n) is 16.4. The van der Waals surface area contributed by atoms with Crippen molar-refractivity contribution in [1.29, 1.82) is 0 Å². The lowest BCUT2D eigenvalue weighted by Crippen LogP contribution is -2.30. The molecule has 0 N–H and O–H groups in total. The molecular formula is C22H28N2OS. The molecule has 1 saturated heterocycles. The zero-order valence-corrected chi connectivity index (χ0v) is 17.2. The maximum atomic E-state index is 12.4. The molecule has 1 aromatic carbocycles. The molecule has 0 spiro atoms. The highest BCUT2D eigenvalue weighted by Gasteiger charge is 2.32. The van der Waals surface area contributed by atoms with Crippen molar-refractivity contribution in [3.05, 3.63) is 64.5 Å². The van der Waals surface area contributed by atoms with E-state index in [1.54, 1.807) is 18.0 Å². The Balaban J connectivity index is 1.78. The van der Waals surface area contributed by atoms with Crippen LogP contribution < -0.4 is 0 Å². The van der Waals surface area contributed by atoms with E-state index in [0.717, 1.165) is 18.5 Å². The van der Waals surface area contributed by atoms with Gasteiger partial charge in [-0.15, -0.1) is 11.8 Å². The number of carbonyl (C=O) groups excluding carboxylic acids is 1. The summed E-state index contributed by atoms with van der Waals surface area (Å²) in [7, 11) is 0. The molecule has 2 heterocycles. The Labute approximate surface area is 161 Å². The van der Waals surface area contributed by atoms with Crippen molar-refractivity contribution in [2.75, 3.05) is 12.3 Å². The summed E-state index contributed by atoms with van der Waals surface area (Å²) in [5.74, 6) is 0.783. The van der Waals surface area contributed by atoms with E-state index < -0.39 is 0 Å². The summed E-state index contributed by atoms with van der Waals surface area (Å²) in [5.41, 5.74) is 6.66. The van der Waals surface area contributed by atoms with E-state index in [0.29, 0.717) is 5.75 Å². The van der Waals surface area contributed by atoms with Crippen molar-refractivity contribution >= 4 is 17.7 Å².